The Morgan fingerprint density at radius 3 is 2.67 bits per heavy atom. The van der Waals surface area contributed by atoms with E-state index in [1.165, 1.54) is 0 Å². The molecule has 7 heteroatoms. The lowest BCUT2D eigenvalue weighted by Gasteiger charge is -2.12. The van der Waals surface area contributed by atoms with Crippen molar-refractivity contribution in [1.29, 1.82) is 0 Å². The van der Waals surface area contributed by atoms with Gasteiger partial charge in [0.15, 0.2) is 16.7 Å². The molecule has 0 aliphatic rings. The summed E-state index contributed by atoms with van der Waals surface area (Å²) in [7, 11) is 0. The zero-order chi connectivity index (χ0) is 17.4. The topological polar surface area (TPSA) is 66.2 Å². The second-order valence-corrected chi connectivity index (χ2v) is 6.01. The number of hydrogen-bond acceptors (Lipinski definition) is 6. The number of aldehydes is 1. The van der Waals surface area contributed by atoms with E-state index < -0.39 is 0 Å². The number of rotatable bonds is 10. The zero-order valence-electron chi connectivity index (χ0n) is 14.3. The summed E-state index contributed by atoms with van der Waals surface area (Å²) in [5, 5.41) is 9.34. The van der Waals surface area contributed by atoms with E-state index in [4.69, 9.17) is 9.47 Å². The van der Waals surface area contributed by atoms with Gasteiger partial charge in [-0.2, -0.15) is 0 Å². The molecule has 0 amide bonds. The summed E-state index contributed by atoms with van der Waals surface area (Å²) < 4.78 is 13.5. The lowest BCUT2D eigenvalue weighted by molar-refractivity contribution is 0.112. The van der Waals surface area contributed by atoms with Crippen LogP contribution in [0.1, 0.15) is 37.0 Å². The molecule has 0 aliphatic carbocycles. The van der Waals surface area contributed by atoms with Crippen LogP contribution in [0.5, 0.6) is 11.5 Å². The molecule has 0 aliphatic heterocycles. The summed E-state index contributed by atoms with van der Waals surface area (Å²) >= 11 is 1.62. The molecule has 1 aromatic carbocycles. The van der Waals surface area contributed by atoms with Crippen LogP contribution in [0.3, 0.4) is 0 Å². The van der Waals surface area contributed by atoms with Gasteiger partial charge in [0, 0.05) is 24.3 Å². The number of carbonyl (C=O) groups is 1. The molecule has 0 fully saturated rings. The Bertz CT molecular complexity index is 673. The minimum Gasteiger partial charge on any atom is -0.490 e. The van der Waals surface area contributed by atoms with Gasteiger partial charge in [0.25, 0.3) is 0 Å². The van der Waals surface area contributed by atoms with Crippen LogP contribution in [0.2, 0.25) is 0 Å². The predicted molar refractivity (Wildman–Crippen MR) is 94.3 cm³/mol. The first kappa shape index (κ1) is 18.3. The summed E-state index contributed by atoms with van der Waals surface area (Å²) in [5.41, 5.74) is 0.573. The van der Waals surface area contributed by atoms with Crippen LogP contribution in [0.25, 0.3) is 0 Å². The standard InChI is InChI=1S/C17H23N3O3S/c1-4-16-18-19-17(20(16)5-2)24-10-9-23-14-8-7-13(12-21)11-15(14)22-6-3/h7-8,11-12H,4-6,9-10H2,1-3H3. The highest BCUT2D eigenvalue weighted by atomic mass is 32.2. The monoisotopic (exact) mass is 349 g/mol. The average Bonchev–Trinajstić information content (AvgIpc) is 3.01. The Kier molecular flexibility index (Phi) is 7.11. The van der Waals surface area contributed by atoms with Crippen molar-refractivity contribution in [3.05, 3.63) is 29.6 Å². The number of ether oxygens (including phenoxy) is 2. The fraction of sp³-hybridized carbons (Fsp3) is 0.471. The Morgan fingerprint density at radius 2 is 2.00 bits per heavy atom. The quantitative estimate of drug-likeness (QED) is 0.373. The molecule has 0 atom stereocenters. The number of benzene rings is 1. The normalized spacial score (nSPS) is 10.6. The molecule has 2 aromatic rings. The van der Waals surface area contributed by atoms with E-state index in [-0.39, 0.29) is 0 Å². The first-order valence-corrected chi connectivity index (χ1v) is 9.11. The minimum atomic E-state index is 0.517. The second-order valence-electron chi connectivity index (χ2n) is 4.95. The highest BCUT2D eigenvalue weighted by Crippen LogP contribution is 2.28. The largest absolute Gasteiger partial charge is 0.490 e. The van der Waals surface area contributed by atoms with Crippen molar-refractivity contribution in [2.45, 2.75) is 38.9 Å². The molecule has 0 N–H and O–H groups in total. The molecular formula is C17H23N3O3S. The third-order valence-electron chi connectivity index (χ3n) is 3.40. The van der Waals surface area contributed by atoms with E-state index in [1.54, 1.807) is 30.0 Å². The van der Waals surface area contributed by atoms with Crippen molar-refractivity contribution in [2.24, 2.45) is 0 Å². The fourth-order valence-corrected chi connectivity index (χ4v) is 3.11. The molecular weight excluding hydrogens is 326 g/mol. The SMILES string of the molecule is CCOc1cc(C=O)ccc1OCCSc1nnc(CC)n1CC. The van der Waals surface area contributed by atoms with Crippen LogP contribution in [0.4, 0.5) is 0 Å². The molecule has 1 aromatic heterocycles. The maximum atomic E-state index is 10.9. The molecule has 24 heavy (non-hydrogen) atoms. The summed E-state index contributed by atoms with van der Waals surface area (Å²) in [6.07, 6.45) is 1.67. The molecule has 0 bridgehead atoms. The molecule has 0 radical (unpaired) electrons. The summed E-state index contributed by atoms with van der Waals surface area (Å²) in [4.78, 5) is 10.9. The molecule has 6 nitrogen and oxygen atoms in total. The van der Waals surface area contributed by atoms with Crippen molar-refractivity contribution < 1.29 is 14.3 Å². The van der Waals surface area contributed by atoms with Crippen LogP contribution < -0.4 is 9.47 Å². The number of hydrogen-bond donors (Lipinski definition) is 0. The first-order chi connectivity index (χ1) is 11.7. The maximum absolute atomic E-state index is 10.9. The van der Waals surface area contributed by atoms with E-state index in [0.29, 0.717) is 30.3 Å². The zero-order valence-corrected chi connectivity index (χ0v) is 15.1. The van der Waals surface area contributed by atoms with E-state index >= 15 is 0 Å². The summed E-state index contributed by atoms with van der Waals surface area (Å²) in [6.45, 7) is 7.96. The summed E-state index contributed by atoms with van der Waals surface area (Å²) in [6, 6.07) is 5.18. The van der Waals surface area contributed by atoms with Gasteiger partial charge in [0.2, 0.25) is 0 Å². The van der Waals surface area contributed by atoms with Crippen LogP contribution in [-0.4, -0.2) is 40.0 Å². The molecule has 130 valence electrons. The van der Waals surface area contributed by atoms with Crippen LogP contribution in [-0.2, 0) is 13.0 Å². The van der Waals surface area contributed by atoms with Gasteiger partial charge >= 0.3 is 0 Å². The van der Waals surface area contributed by atoms with Gasteiger partial charge in [0.05, 0.1) is 13.2 Å². The lowest BCUT2D eigenvalue weighted by Crippen LogP contribution is -2.06. The molecule has 0 saturated carbocycles. The third-order valence-corrected chi connectivity index (χ3v) is 4.33. The second kappa shape index (κ2) is 9.32. The summed E-state index contributed by atoms with van der Waals surface area (Å²) in [5.74, 6) is 3.00. The Labute approximate surface area is 146 Å². The number of aryl methyl sites for hydroxylation is 1. The lowest BCUT2D eigenvalue weighted by atomic mass is 10.2. The van der Waals surface area contributed by atoms with Gasteiger partial charge < -0.3 is 14.0 Å². The van der Waals surface area contributed by atoms with Crippen molar-refractivity contribution >= 4 is 18.0 Å². The van der Waals surface area contributed by atoms with E-state index in [2.05, 4.69) is 28.6 Å². The number of aromatic nitrogens is 3. The maximum Gasteiger partial charge on any atom is 0.191 e. The van der Waals surface area contributed by atoms with Crippen molar-refractivity contribution in [3.8, 4) is 11.5 Å². The Hall–Kier alpha value is -2.02. The number of thioether (sulfide) groups is 1. The van der Waals surface area contributed by atoms with Crippen molar-refractivity contribution in [2.75, 3.05) is 19.0 Å². The van der Waals surface area contributed by atoms with Crippen LogP contribution in [0, 0.1) is 0 Å². The smallest absolute Gasteiger partial charge is 0.191 e. The molecule has 0 spiro atoms. The van der Waals surface area contributed by atoms with Gasteiger partial charge in [-0.15, -0.1) is 10.2 Å². The minimum absolute atomic E-state index is 0.517. The molecule has 0 saturated heterocycles. The van der Waals surface area contributed by atoms with Gasteiger partial charge in [-0.1, -0.05) is 18.7 Å². The van der Waals surface area contributed by atoms with Gasteiger partial charge in [-0.3, -0.25) is 4.79 Å². The molecule has 0 unspecified atom stereocenters. The van der Waals surface area contributed by atoms with Gasteiger partial charge in [-0.05, 0) is 32.0 Å². The van der Waals surface area contributed by atoms with E-state index in [9.17, 15) is 4.79 Å². The fourth-order valence-electron chi connectivity index (χ4n) is 2.28. The number of nitrogens with zero attached hydrogens (tertiary/aromatic N) is 3. The highest BCUT2D eigenvalue weighted by molar-refractivity contribution is 7.99. The number of carbonyl (C=O) groups excluding carboxylic acids is 1. The molecule has 2 rings (SSSR count). The Balaban J connectivity index is 1.92. The van der Waals surface area contributed by atoms with E-state index in [0.717, 1.165) is 36.0 Å². The third kappa shape index (κ3) is 4.50. The highest BCUT2D eigenvalue weighted by Gasteiger charge is 2.10. The predicted octanol–water partition coefficient (Wildman–Crippen LogP) is 3.24. The van der Waals surface area contributed by atoms with Crippen molar-refractivity contribution in [3.63, 3.8) is 0 Å². The van der Waals surface area contributed by atoms with Crippen LogP contribution >= 0.6 is 11.8 Å². The van der Waals surface area contributed by atoms with Crippen LogP contribution in [0.15, 0.2) is 23.4 Å². The average molecular weight is 349 g/mol. The van der Waals surface area contributed by atoms with Gasteiger partial charge in [0.1, 0.15) is 12.1 Å². The molecule has 1 heterocycles. The van der Waals surface area contributed by atoms with Crippen molar-refractivity contribution in [1.82, 2.24) is 14.8 Å². The first-order valence-electron chi connectivity index (χ1n) is 8.13. The Morgan fingerprint density at radius 1 is 1.17 bits per heavy atom. The van der Waals surface area contributed by atoms with Gasteiger partial charge in [-0.25, -0.2) is 0 Å². The van der Waals surface area contributed by atoms with E-state index in [1.807, 2.05) is 6.92 Å².